The Morgan fingerprint density at radius 2 is 1.73 bits per heavy atom. The maximum atomic E-state index is 12.6. The Bertz CT molecular complexity index is 1060. The number of amides is 1. The third-order valence-corrected chi connectivity index (χ3v) is 5.47. The summed E-state index contributed by atoms with van der Waals surface area (Å²) in [6.07, 6.45) is -4.77. The molecule has 0 radical (unpaired) electrons. The summed E-state index contributed by atoms with van der Waals surface area (Å²) < 4.78 is 47.4. The molecule has 8 nitrogen and oxygen atoms in total. The lowest BCUT2D eigenvalue weighted by molar-refractivity contribution is -0.274. The van der Waals surface area contributed by atoms with E-state index in [1.165, 1.54) is 16.8 Å². The monoisotopic (exact) mass is 481 g/mol. The SMILES string of the molecule is COc1ccc(C(NC(=O)CSc2nnnn2-c2ccc(OC(F)(F)F)cc2)C(C)C)cc1. The third-order valence-electron chi connectivity index (χ3n) is 4.55. The lowest BCUT2D eigenvalue weighted by atomic mass is 9.96. The average molecular weight is 482 g/mol. The molecule has 33 heavy (non-hydrogen) atoms. The first-order valence-corrected chi connectivity index (χ1v) is 10.9. The number of nitrogens with zero attached hydrogens (tertiary/aromatic N) is 4. The number of tetrazole rings is 1. The van der Waals surface area contributed by atoms with Crippen molar-refractivity contribution in [3.05, 3.63) is 54.1 Å². The van der Waals surface area contributed by atoms with Crippen LogP contribution in [0.1, 0.15) is 25.5 Å². The molecule has 1 amide bonds. The summed E-state index contributed by atoms with van der Waals surface area (Å²) in [5.74, 6) is 0.363. The molecule has 176 valence electrons. The van der Waals surface area contributed by atoms with E-state index in [9.17, 15) is 18.0 Å². The second kappa shape index (κ2) is 10.6. The van der Waals surface area contributed by atoms with E-state index in [1.54, 1.807) is 7.11 Å². The van der Waals surface area contributed by atoms with Gasteiger partial charge in [-0.1, -0.05) is 37.7 Å². The van der Waals surface area contributed by atoms with E-state index in [0.29, 0.717) is 10.8 Å². The number of nitrogens with one attached hydrogen (secondary N) is 1. The number of carbonyl (C=O) groups excluding carboxylic acids is 1. The first-order valence-electron chi connectivity index (χ1n) is 9.87. The molecule has 3 aromatic rings. The fourth-order valence-electron chi connectivity index (χ4n) is 3.01. The van der Waals surface area contributed by atoms with Crippen molar-refractivity contribution in [2.45, 2.75) is 31.4 Å². The first-order chi connectivity index (χ1) is 15.7. The summed E-state index contributed by atoms with van der Waals surface area (Å²) in [4.78, 5) is 12.6. The van der Waals surface area contributed by atoms with Crippen molar-refractivity contribution in [1.29, 1.82) is 0 Å². The second-order valence-electron chi connectivity index (χ2n) is 7.27. The molecule has 1 heterocycles. The van der Waals surface area contributed by atoms with Crippen LogP contribution >= 0.6 is 11.8 Å². The molecule has 0 bridgehead atoms. The van der Waals surface area contributed by atoms with E-state index in [4.69, 9.17) is 4.74 Å². The fourth-order valence-corrected chi connectivity index (χ4v) is 3.71. The minimum absolute atomic E-state index is 0.0506. The number of hydrogen-bond donors (Lipinski definition) is 1. The maximum Gasteiger partial charge on any atom is 0.573 e. The molecule has 0 fully saturated rings. The number of rotatable bonds is 9. The van der Waals surface area contributed by atoms with Crippen LogP contribution in [0.4, 0.5) is 13.2 Å². The van der Waals surface area contributed by atoms with Gasteiger partial charge in [-0.15, -0.1) is 18.3 Å². The van der Waals surface area contributed by atoms with Crippen LogP contribution in [0.5, 0.6) is 11.5 Å². The molecule has 0 saturated heterocycles. The van der Waals surface area contributed by atoms with Crippen LogP contribution < -0.4 is 14.8 Å². The van der Waals surface area contributed by atoms with E-state index in [0.717, 1.165) is 35.2 Å². The molecule has 1 unspecified atom stereocenters. The summed E-state index contributed by atoms with van der Waals surface area (Å²) in [5, 5.41) is 14.7. The van der Waals surface area contributed by atoms with Crippen LogP contribution in [0.2, 0.25) is 0 Å². The number of thioether (sulfide) groups is 1. The molecule has 1 aromatic heterocycles. The highest BCUT2D eigenvalue weighted by Gasteiger charge is 2.31. The summed E-state index contributed by atoms with van der Waals surface area (Å²) in [6, 6.07) is 12.4. The molecule has 1 N–H and O–H groups in total. The summed E-state index contributed by atoms with van der Waals surface area (Å²) >= 11 is 1.11. The van der Waals surface area contributed by atoms with Gasteiger partial charge < -0.3 is 14.8 Å². The van der Waals surface area contributed by atoms with Gasteiger partial charge in [0.2, 0.25) is 11.1 Å². The second-order valence-corrected chi connectivity index (χ2v) is 8.21. The number of aromatic nitrogens is 4. The molecule has 0 aliphatic heterocycles. The highest BCUT2D eigenvalue weighted by Crippen LogP contribution is 2.26. The topological polar surface area (TPSA) is 91.2 Å². The third kappa shape index (κ3) is 6.85. The summed E-state index contributed by atoms with van der Waals surface area (Å²) in [5.41, 5.74) is 1.38. The van der Waals surface area contributed by atoms with Crippen LogP contribution in [0.3, 0.4) is 0 Å². The Kier molecular flexibility index (Phi) is 7.79. The van der Waals surface area contributed by atoms with Gasteiger partial charge in [-0.05, 0) is 58.3 Å². The van der Waals surface area contributed by atoms with Crippen molar-refractivity contribution in [2.24, 2.45) is 5.92 Å². The van der Waals surface area contributed by atoms with Crippen LogP contribution in [0, 0.1) is 5.92 Å². The van der Waals surface area contributed by atoms with E-state index < -0.39 is 6.36 Å². The summed E-state index contributed by atoms with van der Waals surface area (Å²) in [7, 11) is 1.59. The molecule has 12 heteroatoms. The van der Waals surface area contributed by atoms with Gasteiger partial charge in [0.05, 0.1) is 24.6 Å². The predicted molar refractivity (Wildman–Crippen MR) is 115 cm³/mol. The van der Waals surface area contributed by atoms with E-state index in [1.807, 2.05) is 38.1 Å². The standard InChI is InChI=1S/C21H22F3N5O3S/c1-13(2)19(14-4-8-16(31-3)9-5-14)25-18(30)12-33-20-26-27-28-29(20)15-6-10-17(11-7-15)32-21(22,23)24/h4-11,13,19H,12H2,1-3H3,(H,25,30). The van der Waals surface area contributed by atoms with Crippen molar-refractivity contribution < 1.29 is 27.4 Å². The zero-order valence-corrected chi connectivity index (χ0v) is 18.9. The Morgan fingerprint density at radius 1 is 1.09 bits per heavy atom. The highest BCUT2D eigenvalue weighted by molar-refractivity contribution is 7.99. The van der Waals surface area contributed by atoms with Crippen LogP contribution in [-0.4, -0.2) is 45.3 Å². The largest absolute Gasteiger partial charge is 0.573 e. The quantitative estimate of drug-likeness (QED) is 0.459. The zero-order valence-electron chi connectivity index (χ0n) is 18.0. The highest BCUT2D eigenvalue weighted by atomic mass is 32.2. The predicted octanol–water partition coefficient (Wildman–Crippen LogP) is 4.18. The van der Waals surface area contributed by atoms with Crippen LogP contribution in [0.15, 0.2) is 53.7 Å². The number of halogens is 3. The number of hydrogen-bond acceptors (Lipinski definition) is 7. The van der Waals surface area contributed by atoms with Crippen molar-refractivity contribution in [1.82, 2.24) is 25.5 Å². The number of carbonyl (C=O) groups is 1. The number of methoxy groups -OCH3 is 1. The van der Waals surface area contributed by atoms with Gasteiger partial charge in [-0.2, -0.15) is 4.68 Å². The fraction of sp³-hybridized carbons (Fsp3) is 0.333. The van der Waals surface area contributed by atoms with Gasteiger partial charge in [-0.3, -0.25) is 4.79 Å². The van der Waals surface area contributed by atoms with Crippen molar-refractivity contribution in [3.8, 4) is 17.2 Å². The Morgan fingerprint density at radius 3 is 2.30 bits per heavy atom. The molecular weight excluding hydrogens is 459 g/mol. The molecule has 0 saturated carbocycles. The number of alkyl halides is 3. The molecule has 3 rings (SSSR count). The van der Waals surface area contributed by atoms with Crippen molar-refractivity contribution >= 4 is 17.7 Å². The number of ether oxygens (including phenoxy) is 2. The van der Waals surface area contributed by atoms with Gasteiger partial charge in [-0.25, -0.2) is 0 Å². The van der Waals surface area contributed by atoms with Gasteiger partial charge in [0, 0.05) is 0 Å². The van der Waals surface area contributed by atoms with Crippen molar-refractivity contribution in [3.63, 3.8) is 0 Å². The van der Waals surface area contributed by atoms with E-state index in [-0.39, 0.29) is 29.4 Å². The number of benzene rings is 2. The molecule has 2 aromatic carbocycles. The maximum absolute atomic E-state index is 12.6. The minimum atomic E-state index is -4.77. The van der Waals surface area contributed by atoms with Gasteiger partial charge >= 0.3 is 6.36 Å². The van der Waals surface area contributed by atoms with Crippen LogP contribution in [-0.2, 0) is 4.79 Å². The lowest BCUT2D eigenvalue weighted by Gasteiger charge is -2.23. The molecule has 0 aliphatic carbocycles. The van der Waals surface area contributed by atoms with Gasteiger partial charge in [0.15, 0.2) is 0 Å². The molecular formula is C21H22F3N5O3S. The van der Waals surface area contributed by atoms with E-state index >= 15 is 0 Å². The molecule has 0 spiro atoms. The summed E-state index contributed by atoms with van der Waals surface area (Å²) in [6.45, 7) is 4.02. The average Bonchev–Trinajstić information content (AvgIpc) is 3.24. The normalized spacial score (nSPS) is 12.5. The Labute approximate surface area is 192 Å². The lowest BCUT2D eigenvalue weighted by Crippen LogP contribution is -2.33. The first kappa shape index (κ1) is 24.4. The van der Waals surface area contributed by atoms with Gasteiger partial charge in [0.25, 0.3) is 0 Å². The Hall–Kier alpha value is -3.28. The Balaban J connectivity index is 1.63. The van der Waals surface area contributed by atoms with E-state index in [2.05, 4.69) is 25.6 Å². The molecule has 0 aliphatic rings. The van der Waals surface area contributed by atoms with Crippen LogP contribution in [0.25, 0.3) is 5.69 Å². The molecule has 1 atom stereocenters. The van der Waals surface area contributed by atoms with Crippen molar-refractivity contribution in [2.75, 3.05) is 12.9 Å². The minimum Gasteiger partial charge on any atom is -0.497 e. The smallest absolute Gasteiger partial charge is 0.497 e. The van der Waals surface area contributed by atoms with Gasteiger partial charge in [0.1, 0.15) is 11.5 Å². The zero-order chi connectivity index (χ0) is 24.0.